The Morgan fingerprint density at radius 1 is 1.27 bits per heavy atom. The average molecular weight is 451 g/mol. The number of aromatic nitrogens is 2. The van der Waals surface area contributed by atoms with E-state index in [9.17, 15) is 19.1 Å². The number of carbonyl (C=O) groups excluding carboxylic acids is 1. The van der Waals surface area contributed by atoms with Gasteiger partial charge in [0.05, 0.1) is 29.4 Å². The van der Waals surface area contributed by atoms with Gasteiger partial charge in [0.2, 0.25) is 5.91 Å². The van der Waals surface area contributed by atoms with Crippen LogP contribution in [0.5, 0.6) is 5.75 Å². The van der Waals surface area contributed by atoms with Crippen molar-refractivity contribution in [2.45, 2.75) is 13.5 Å². The zero-order valence-electron chi connectivity index (χ0n) is 16.4. The largest absolute Gasteiger partial charge is 0.507 e. The van der Waals surface area contributed by atoms with Crippen molar-refractivity contribution < 1.29 is 24.2 Å². The standard InChI is InChI=1S/C19H19FN4O4S2/c1-9-17(30-16(22-9)6-21-15(26)7-24(2)3)13-8-29-18(23-13)10-5-14(25)11(19(27)28)4-12(10)20/h4-5,8,25H,6-7H2,1-3H3,(H,21,26)(H,27,28). The van der Waals surface area contributed by atoms with Crippen molar-refractivity contribution in [1.82, 2.24) is 20.2 Å². The van der Waals surface area contributed by atoms with Crippen LogP contribution in [0.4, 0.5) is 4.39 Å². The number of nitrogens with one attached hydrogen (secondary N) is 1. The van der Waals surface area contributed by atoms with Crippen LogP contribution >= 0.6 is 22.7 Å². The number of thiazole rings is 2. The van der Waals surface area contributed by atoms with Gasteiger partial charge in [-0.3, -0.25) is 4.79 Å². The molecule has 158 valence electrons. The molecule has 8 nitrogen and oxygen atoms in total. The van der Waals surface area contributed by atoms with Gasteiger partial charge in [-0.25, -0.2) is 19.2 Å². The Morgan fingerprint density at radius 3 is 2.67 bits per heavy atom. The average Bonchev–Trinajstić information content (AvgIpc) is 3.27. The van der Waals surface area contributed by atoms with Crippen LogP contribution < -0.4 is 5.32 Å². The number of aromatic hydroxyl groups is 1. The quantitative estimate of drug-likeness (QED) is 0.507. The van der Waals surface area contributed by atoms with Crippen LogP contribution in [-0.2, 0) is 11.3 Å². The Bertz CT molecular complexity index is 1110. The number of aryl methyl sites for hydroxylation is 1. The Kier molecular flexibility index (Phi) is 6.44. The first-order valence-electron chi connectivity index (χ1n) is 8.75. The maximum atomic E-state index is 14.4. The van der Waals surface area contributed by atoms with Crippen LogP contribution in [0, 0.1) is 12.7 Å². The molecule has 1 aromatic carbocycles. The SMILES string of the molecule is Cc1nc(CNC(=O)CN(C)C)sc1-c1csc(-c2cc(O)c(C(=O)O)cc2F)n1. The van der Waals surface area contributed by atoms with Gasteiger partial charge in [-0.2, -0.15) is 0 Å². The summed E-state index contributed by atoms with van der Waals surface area (Å²) in [6.45, 7) is 2.41. The smallest absolute Gasteiger partial charge is 0.339 e. The molecule has 0 atom stereocenters. The number of halogens is 1. The Labute approximate surface area is 179 Å². The fourth-order valence-electron chi connectivity index (χ4n) is 2.68. The number of carboxylic acids is 1. The Hall–Kier alpha value is -2.89. The first kappa shape index (κ1) is 21.8. The van der Waals surface area contributed by atoms with Gasteiger partial charge >= 0.3 is 5.97 Å². The van der Waals surface area contributed by atoms with Crippen molar-refractivity contribution >= 4 is 34.6 Å². The summed E-state index contributed by atoms with van der Waals surface area (Å²) in [6, 6.07) is 1.84. The minimum atomic E-state index is -1.41. The third-order valence-corrected chi connectivity index (χ3v) is 6.08. The number of phenols is 1. The van der Waals surface area contributed by atoms with E-state index in [1.807, 2.05) is 21.0 Å². The molecule has 3 aromatic rings. The fourth-order valence-corrected chi connectivity index (χ4v) is 4.55. The summed E-state index contributed by atoms with van der Waals surface area (Å²) in [4.78, 5) is 34.3. The number of amides is 1. The predicted octanol–water partition coefficient (Wildman–Crippen LogP) is 2.96. The molecule has 2 heterocycles. The number of nitrogens with zero attached hydrogens (tertiary/aromatic N) is 3. The lowest BCUT2D eigenvalue weighted by Crippen LogP contribution is -2.32. The molecule has 0 aliphatic carbocycles. The van der Waals surface area contributed by atoms with Gasteiger partial charge in [0, 0.05) is 10.9 Å². The minimum absolute atomic E-state index is 0.0205. The van der Waals surface area contributed by atoms with Crippen LogP contribution in [0.2, 0.25) is 0 Å². The molecule has 2 aromatic heterocycles. The van der Waals surface area contributed by atoms with Gasteiger partial charge in [0.25, 0.3) is 0 Å². The highest BCUT2D eigenvalue weighted by atomic mass is 32.1. The number of carbonyl (C=O) groups is 2. The summed E-state index contributed by atoms with van der Waals surface area (Å²) >= 11 is 2.55. The highest BCUT2D eigenvalue weighted by molar-refractivity contribution is 7.16. The van der Waals surface area contributed by atoms with Gasteiger partial charge in [-0.15, -0.1) is 22.7 Å². The fraction of sp³-hybridized carbons (Fsp3) is 0.263. The molecule has 0 radical (unpaired) electrons. The van der Waals surface area contributed by atoms with E-state index in [1.54, 1.807) is 10.3 Å². The maximum absolute atomic E-state index is 14.4. The molecule has 1 amide bonds. The first-order valence-corrected chi connectivity index (χ1v) is 10.4. The summed E-state index contributed by atoms with van der Waals surface area (Å²) in [6.07, 6.45) is 0. The molecule has 0 saturated heterocycles. The Morgan fingerprint density at radius 2 is 2.00 bits per heavy atom. The van der Waals surface area contributed by atoms with E-state index in [4.69, 9.17) is 5.11 Å². The summed E-state index contributed by atoms with van der Waals surface area (Å²) in [7, 11) is 3.62. The second-order valence-electron chi connectivity index (χ2n) is 6.73. The molecular weight excluding hydrogens is 431 g/mol. The van der Waals surface area contributed by atoms with Crippen molar-refractivity contribution in [3.05, 3.63) is 39.6 Å². The van der Waals surface area contributed by atoms with E-state index in [0.717, 1.165) is 27.7 Å². The van der Waals surface area contributed by atoms with Crippen LogP contribution in [-0.4, -0.2) is 57.6 Å². The zero-order valence-corrected chi connectivity index (χ0v) is 18.0. The number of hydrogen-bond acceptors (Lipinski definition) is 8. The molecule has 0 aliphatic rings. The van der Waals surface area contributed by atoms with Crippen LogP contribution in [0.1, 0.15) is 21.1 Å². The minimum Gasteiger partial charge on any atom is -0.507 e. The van der Waals surface area contributed by atoms with Crippen molar-refractivity contribution in [1.29, 1.82) is 0 Å². The van der Waals surface area contributed by atoms with Crippen molar-refractivity contribution in [3.63, 3.8) is 0 Å². The number of likely N-dealkylation sites (N-methyl/N-ethyl adjacent to an activating group) is 1. The molecule has 0 unspecified atom stereocenters. The van der Waals surface area contributed by atoms with E-state index in [2.05, 4.69) is 15.3 Å². The first-order chi connectivity index (χ1) is 14.2. The molecule has 0 saturated carbocycles. The number of aromatic carboxylic acids is 1. The number of hydrogen-bond donors (Lipinski definition) is 3. The van der Waals surface area contributed by atoms with Crippen LogP contribution in [0.15, 0.2) is 17.5 Å². The Balaban J connectivity index is 1.82. The van der Waals surface area contributed by atoms with Crippen LogP contribution in [0.25, 0.3) is 21.1 Å². The van der Waals surface area contributed by atoms with Gasteiger partial charge in [0.1, 0.15) is 27.1 Å². The zero-order chi connectivity index (χ0) is 22.0. The van der Waals surface area contributed by atoms with Crippen LogP contribution in [0.3, 0.4) is 0 Å². The van der Waals surface area contributed by atoms with E-state index in [-0.39, 0.29) is 18.0 Å². The highest BCUT2D eigenvalue weighted by Gasteiger charge is 2.19. The lowest BCUT2D eigenvalue weighted by molar-refractivity contribution is -0.121. The second kappa shape index (κ2) is 8.86. The normalized spacial score (nSPS) is 11.1. The van der Waals surface area contributed by atoms with Gasteiger partial charge in [0.15, 0.2) is 0 Å². The highest BCUT2D eigenvalue weighted by Crippen LogP contribution is 2.36. The third kappa shape index (κ3) is 4.81. The lowest BCUT2D eigenvalue weighted by Gasteiger charge is -2.08. The molecule has 0 bridgehead atoms. The summed E-state index contributed by atoms with van der Waals surface area (Å²) < 4.78 is 14.4. The monoisotopic (exact) mass is 450 g/mol. The number of benzene rings is 1. The van der Waals surface area contributed by atoms with Gasteiger partial charge < -0.3 is 20.4 Å². The van der Waals surface area contributed by atoms with E-state index < -0.39 is 23.1 Å². The van der Waals surface area contributed by atoms with Crippen molar-refractivity contribution in [2.75, 3.05) is 20.6 Å². The number of carboxylic acid groups (broad SMARTS) is 1. The molecule has 11 heteroatoms. The summed E-state index contributed by atoms with van der Waals surface area (Å²) in [5.74, 6) is -2.83. The summed E-state index contributed by atoms with van der Waals surface area (Å²) in [5.41, 5.74) is 0.842. The van der Waals surface area contributed by atoms with E-state index in [0.29, 0.717) is 17.2 Å². The number of rotatable bonds is 7. The molecule has 0 spiro atoms. The van der Waals surface area contributed by atoms with E-state index >= 15 is 0 Å². The molecule has 0 fully saturated rings. The molecule has 30 heavy (non-hydrogen) atoms. The predicted molar refractivity (Wildman–Crippen MR) is 112 cm³/mol. The van der Waals surface area contributed by atoms with Crippen molar-refractivity contribution in [2.24, 2.45) is 0 Å². The van der Waals surface area contributed by atoms with Gasteiger partial charge in [-0.05, 0) is 33.2 Å². The molecule has 3 rings (SSSR count). The molecular formula is C19H19FN4O4S2. The lowest BCUT2D eigenvalue weighted by atomic mass is 10.1. The van der Waals surface area contributed by atoms with Gasteiger partial charge in [-0.1, -0.05) is 0 Å². The molecule has 3 N–H and O–H groups in total. The molecule has 0 aliphatic heterocycles. The maximum Gasteiger partial charge on any atom is 0.339 e. The van der Waals surface area contributed by atoms with E-state index in [1.165, 1.54) is 22.7 Å². The third-order valence-electron chi connectivity index (χ3n) is 4.02. The van der Waals surface area contributed by atoms with Crippen molar-refractivity contribution in [3.8, 4) is 26.9 Å². The topological polar surface area (TPSA) is 116 Å². The second-order valence-corrected chi connectivity index (χ2v) is 8.67. The summed E-state index contributed by atoms with van der Waals surface area (Å²) in [5, 5.41) is 24.4.